The smallest absolute Gasteiger partial charge is 0.104 e. The van der Waals surface area contributed by atoms with Gasteiger partial charge < -0.3 is 5.11 Å². The molecule has 0 aromatic heterocycles. The van der Waals surface area contributed by atoms with E-state index in [1.165, 1.54) is 0 Å². The molecule has 0 amide bonds. The highest BCUT2D eigenvalue weighted by atomic mass is 16.6. The standard InChI is InChI=1S/C5H13NO2/c1-4(2)5(3-7)8-6/h4-5,7H,3,6H2,1-2H3/t5-/m0/s1. The first-order chi connectivity index (χ1) is 3.72. The fraction of sp³-hybridized carbons (Fsp3) is 1.00. The lowest BCUT2D eigenvalue weighted by Gasteiger charge is -2.13. The minimum atomic E-state index is -0.213. The molecule has 0 spiro atoms. The van der Waals surface area contributed by atoms with Gasteiger partial charge in [0.25, 0.3) is 0 Å². The highest BCUT2D eigenvalue weighted by molar-refractivity contribution is 4.57. The van der Waals surface area contributed by atoms with Crippen LogP contribution < -0.4 is 5.90 Å². The van der Waals surface area contributed by atoms with E-state index in [1.807, 2.05) is 13.8 Å². The molecule has 0 bridgehead atoms. The van der Waals surface area contributed by atoms with Crippen molar-refractivity contribution < 1.29 is 9.94 Å². The van der Waals surface area contributed by atoms with Crippen molar-refractivity contribution in [2.45, 2.75) is 20.0 Å². The fourth-order valence-corrected chi connectivity index (χ4v) is 0.411. The van der Waals surface area contributed by atoms with Crippen LogP contribution in [0.2, 0.25) is 0 Å². The van der Waals surface area contributed by atoms with Gasteiger partial charge in [0.1, 0.15) is 6.10 Å². The van der Waals surface area contributed by atoms with Crippen LogP contribution in [-0.4, -0.2) is 17.8 Å². The third-order valence-electron chi connectivity index (χ3n) is 1.10. The van der Waals surface area contributed by atoms with Crippen LogP contribution in [0.1, 0.15) is 13.8 Å². The van der Waals surface area contributed by atoms with E-state index in [-0.39, 0.29) is 18.6 Å². The summed E-state index contributed by atoms with van der Waals surface area (Å²) in [6, 6.07) is 0. The van der Waals surface area contributed by atoms with Gasteiger partial charge in [-0.15, -0.1) is 0 Å². The summed E-state index contributed by atoms with van der Waals surface area (Å²) in [5, 5.41) is 8.49. The normalized spacial score (nSPS) is 14.6. The molecule has 3 nitrogen and oxygen atoms in total. The van der Waals surface area contributed by atoms with E-state index in [9.17, 15) is 0 Å². The lowest BCUT2D eigenvalue weighted by molar-refractivity contribution is -0.0155. The molecule has 1 atom stereocenters. The van der Waals surface area contributed by atoms with Crippen LogP contribution in [0.3, 0.4) is 0 Å². The Morgan fingerprint density at radius 1 is 1.62 bits per heavy atom. The quantitative estimate of drug-likeness (QED) is 0.510. The Bertz CT molecular complexity index is 52.4. The number of nitrogens with two attached hydrogens (primary N) is 1. The summed E-state index contributed by atoms with van der Waals surface area (Å²) in [7, 11) is 0. The van der Waals surface area contributed by atoms with Crippen molar-refractivity contribution in [3.63, 3.8) is 0 Å². The number of aliphatic hydroxyl groups is 1. The molecule has 0 aliphatic heterocycles. The summed E-state index contributed by atoms with van der Waals surface area (Å²) < 4.78 is 0. The molecule has 0 aliphatic carbocycles. The van der Waals surface area contributed by atoms with Gasteiger partial charge in [-0.25, -0.2) is 5.90 Å². The molecule has 3 N–H and O–H groups in total. The summed E-state index contributed by atoms with van der Waals surface area (Å²) >= 11 is 0. The third kappa shape index (κ3) is 2.26. The van der Waals surface area contributed by atoms with Gasteiger partial charge in [0.2, 0.25) is 0 Å². The maximum absolute atomic E-state index is 8.49. The third-order valence-corrected chi connectivity index (χ3v) is 1.10. The molecule has 0 rings (SSSR count). The lowest BCUT2D eigenvalue weighted by atomic mass is 10.1. The number of rotatable bonds is 3. The highest BCUT2D eigenvalue weighted by Gasteiger charge is 2.09. The summed E-state index contributed by atoms with van der Waals surface area (Å²) in [6.07, 6.45) is -0.213. The first-order valence-corrected chi connectivity index (χ1v) is 2.68. The summed E-state index contributed by atoms with van der Waals surface area (Å²) in [4.78, 5) is 4.41. The largest absolute Gasteiger partial charge is 0.394 e. The van der Waals surface area contributed by atoms with Gasteiger partial charge in [-0.2, -0.15) is 0 Å². The van der Waals surface area contributed by atoms with E-state index >= 15 is 0 Å². The highest BCUT2D eigenvalue weighted by Crippen LogP contribution is 2.01. The van der Waals surface area contributed by atoms with Crippen molar-refractivity contribution in [1.29, 1.82) is 0 Å². The zero-order valence-corrected chi connectivity index (χ0v) is 5.29. The Labute approximate surface area is 49.4 Å². The molecule has 0 unspecified atom stereocenters. The van der Waals surface area contributed by atoms with E-state index in [0.29, 0.717) is 0 Å². The molecular formula is C5H13NO2. The number of aliphatic hydroxyl groups excluding tert-OH is 1. The Morgan fingerprint density at radius 2 is 2.12 bits per heavy atom. The second-order valence-electron chi connectivity index (χ2n) is 2.10. The van der Waals surface area contributed by atoms with Crippen LogP contribution in [0, 0.1) is 5.92 Å². The van der Waals surface area contributed by atoms with Crippen molar-refractivity contribution in [1.82, 2.24) is 0 Å². The maximum atomic E-state index is 8.49. The van der Waals surface area contributed by atoms with Gasteiger partial charge in [-0.3, -0.25) is 4.84 Å². The van der Waals surface area contributed by atoms with E-state index in [4.69, 9.17) is 11.0 Å². The Hall–Kier alpha value is -0.120. The summed E-state index contributed by atoms with van der Waals surface area (Å²) in [6.45, 7) is 3.87. The second kappa shape index (κ2) is 3.83. The predicted molar refractivity (Wildman–Crippen MR) is 31.0 cm³/mol. The van der Waals surface area contributed by atoms with Gasteiger partial charge in [0.15, 0.2) is 0 Å². The van der Waals surface area contributed by atoms with Crippen molar-refractivity contribution >= 4 is 0 Å². The first-order valence-electron chi connectivity index (χ1n) is 2.68. The molecule has 0 aromatic carbocycles. The topological polar surface area (TPSA) is 55.5 Å². The summed E-state index contributed by atoms with van der Waals surface area (Å²) in [5.41, 5.74) is 0. The Morgan fingerprint density at radius 3 is 2.12 bits per heavy atom. The van der Waals surface area contributed by atoms with E-state index < -0.39 is 0 Å². The molecule has 0 heterocycles. The molecule has 0 aliphatic rings. The molecule has 0 saturated carbocycles. The van der Waals surface area contributed by atoms with Crippen molar-refractivity contribution in [2.24, 2.45) is 11.8 Å². The second-order valence-corrected chi connectivity index (χ2v) is 2.10. The van der Waals surface area contributed by atoms with Crippen LogP contribution in [0.4, 0.5) is 0 Å². The van der Waals surface area contributed by atoms with Crippen LogP contribution in [0.5, 0.6) is 0 Å². The average molecular weight is 119 g/mol. The van der Waals surface area contributed by atoms with Gasteiger partial charge in [0, 0.05) is 0 Å². The van der Waals surface area contributed by atoms with Crippen LogP contribution in [0.15, 0.2) is 0 Å². The average Bonchev–Trinajstić information content (AvgIpc) is 1.69. The van der Waals surface area contributed by atoms with Gasteiger partial charge in [0.05, 0.1) is 6.61 Å². The van der Waals surface area contributed by atoms with E-state index in [2.05, 4.69) is 4.84 Å². The van der Waals surface area contributed by atoms with Crippen molar-refractivity contribution in [3.05, 3.63) is 0 Å². The predicted octanol–water partition coefficient (Wildman–Crippen LogP) is -0.106. The van der Waals surface area contributed by atoms with Gasteiger partial charge in [-0.05, 0) is 5.92 Å². The number of hydrogen-bond donors (Lipinski definition) is 2. The lowest BCUT2D eigenvalue weighted by Crippen LogP contribution is -2.26. The van der Waals surface area contributed by atoms with Crippen LogP contribution in [0.25, 0.3) is 0 Å². The van der Waals surface area contributed by atoms with Gasteiger partial charge in [-0.1, -0.05) is 13.8 Å². The van der Waals surface area contributed by atoms with E-state index in [1.54, 1.807) is 0 Å². The minimum Gasteiger partial charge on any atom is -0.394 e. The Kier molecular flexibility index (Phi) is 3.77. The first kappa shape index (κ1) is 7.88. The van der Waals surface area contributed by atoms with Crippen LogP contribution >= 0.6 is 0 Å². The van der Waals surface area contributed by atoms with Crippen molar-refractivity contribution in [3.8, 4) is 0 Å². The molecule has 0 fully saturated rings. The zero-order valence-electron chi connectivity index (χ0n) is 5.29. The zero-order chi connectivity index (χ0) is 6.57. The Balaban J connectivity index is 3.35. The van der Waals surface area contributed by atoms with Crippen LogP contribution in [-0.2, 0) is 4.84 Å². The van der Waals surface area contributed by atoms with Crippen molar-refractivity contribution in [2.75, 3.05) is 6.61 Å². The molecule has 0 radical (unpaired) electrons. The summed E-state index contributed by atoms with van der Waals surface area (Å²) in [5.74, 6) is 5.11. The molecule has 0 saturated heterocycles. The molecule has 3 heteroatoms. The minimum absolute atomic E-state index is 0.00579. The molecular weight excluding hydrogens is 106 g/mol. The van der Waals surface area contributed by atoms with E-state index in [0.717, 1.165) is 0 Å². The van der Waals surface area contributed by atoms with Gasteiger partial charge >= 0.3 is 0 Å². The molecule has 8 heavy (non-hydrogen) atoms. The fourth-order valence-electron chi connectivity index (χ4n) is 0.411. The molecule has 0 aromatic rings. The number of hydrogen-bond acceptors (Lipinski definition) is 3. The molecule has 50 valence electrons. The monoisotopic (exact) mass is 119 g/mol. The SMILES string of the molecule is CC(C)[C@H](CO)ON. The maximum Gasteiger partial charge on any atom is 0.104 e.